The van der Waals surface area contributed by atoms with Gasteiger partial charge in [0.15, 0.2) is 0 Å². The Hall–Kier alpha value is -1.60. The molecule has 0 radical (unpaired) electrons. The molecule has 1 aliphatic heterocycles. The van der Waals surface area contributed by atoms with Crippen LogP contribution in [0.25, 0.3) is 0 Å². The van der Waals surface area contributed by atoms with Crippen LogP contribution in [0.5, 0.6) is 11.5 Å². The Labute approximate surface area is 119 Å². The summed E-state index contributed by atoms with van der Waals surface area (Å²) in [5, 5.41) is 0. The number of nitrogens with zero attached hydrogens (tertiary/aromatic N) is 1. The summed E-state index contributed by atoms with van der Waals surface area (Å²) in [7, 11) is 1.55. The number of benzene rings is 1. The number of rotatable bonds is 4. The number of ether oxygens (including phenoxy) is 2. The van der Waals surface area contributed by atoms with Gasteiger partial charge in [0.25, 0.3) is 0 Å². The third-order valence-electron chi connectivity index (χ3n) is 2.42. The Morgan fingerprint density at radius 2 is 2.00 bits per heavy atom. The second-order valence-electron chi connectivity index (χ2n) is 3.68. The fourth-order valence-corrected chi connectivity index (χ4v) is 2.54. The highest BCUT2D eigenvalue weighted by Gasteiger charge is 2.28. The minimum Gasteiger partial charge on any atom is -0.497 e. The number of amides is 1. The molecule has 1 aromatic carbocycles. The van der Waals surface area contributed by atoms with Crippen molar-refractivity contribution in [1.82, 2.24) is 4.90 Å². The van der Waals surface area contributed by atoms with Crippen LogP contribution in [0, 0.1) is 0 Å². The lowest BCUT2D eigenvalue weighted by Crippen LogP contribution is -2.35. The minimum atomic E-state index is -0.525. The quantitative estimate of drug-likeness (QED) is 0.476. The number of esters is 1. The lowest BCUT2D eigenvalue weighted by Gasteiger charge is -2.13. The fourth-order valence-electron chi connectivity index (χ4n) is 1.47. The molecule has 0 aromatic heterocycles. The van der Waals surface area contributed by atoms with Gasteiger partial charge in [-0.05, 0) is 24.3 Å². The lowest BCUT2D eigenvalue weighted by atomic mass is 10.3. The van der Waals surface area contributed by atoms with E-state index < -0.39 is 5.97 Å². The predicted octanol–water partition coefficient (Wildman–Crippen LogP) is 1.46. The average Bonchev–Trinajstić information content (AvgIpc) is 2.71. The molecule has 0 aliphatic carbocycles. The maximum absolute atomic E-state index is 11.7. The standard InChI is InChI=1S/C12H11NO4S2/c1-16-8-2-4-9(5-3-8)17-11(15)6-13-10(14)7-19-12(13)18/h2-5H,6-7H2,1H3. The van der Waals surface area contributed by atoms with E-state index in [4.69, 9.17) is 21.7 Å². The third kappa shape index (κ3) is 3.45. The van der Waals surface area contributed by atoms with Crippen molar-refractivity contribution in [3.63, 3.8) is 0 Å². The molecule has 1 aromatic rings. The van der Waals surface area contributed by atoms with Gasteiger partial charge in [0.05, 0.1) is 12.9 Å². The van der Waals surface area contributed by atoms with Crippen molar-refractivity contribution in [2.24, 2.45) is 0 Å². The zero-order chi connectivity index (χ0) is 13.8. The van der Waals surface area contributed by atoms with E-state index in [1.807, 2.05) is 0 Å². The average molecular weight is 297 g/mol. The maximum Gasteiger partial charge on any atom is 0.331 e. The van der Waals surface area contributed by atoms with Crippen LogP contribution in [0.4, 0.5) is 0 Å². The molecule has 2 rings (SSSR count). The monoisotopic (exact) mass is 297 g/mol. The molecular formula is C12H11NO4S2. The molecule has 100 valence electrons. The summed E-state index contributed by atoms with van der Waals surface area (Å²) in [5.74, 6) is 0.669. The largest absolute Gasteiger partial charge is 0.497 e. The van der Waals surface area contributed by atoms with Gasteiger partial charge in [-0.1, -0.05) is 24.0 Å². The molecule has 0 atom stereocenters. The molecule has 0 saturated carbocycles. The molecule has 0 N–H and O–H groups in total. The van der Waals surface area contributed by atoms with Crippen LogP contribution in [0.3, 0.4) is 0 Å². The molecule has 7 heteroatoms. The van der Waals surface area contributed by atoms with Crippen LogP contribution in [-0.4, -0.2) is 40.5 Å². The van der Waals surface area contributed by atoms with Crippen molar-refractivity contribution in [2.45, 2.75) is 0 Å². The highest BCUT2D eigenvalue weighted by atomic mass is 32.2. The lowest BCUT2D eigenvalue weighted by molar-refractivity contribution is -0.138. The smallest absolute Gasteiger partial charge is 0.331 e. The van der Waals surface area contributed by atoms with Gasteiger partial charge in [0.2, 0.25) is 5.91 Å². The maximum atomic E-state index is 11.7. The second kappa shape index (κ2) is 6.03. The van der Waals surface area contributed by atoms with Crippen molar-refractivity contribution < 1.29 is 19.1 Å². The first kappa shape index (κ1) is 13.8. The van der Waals surface area contributed by atoms with Gasteiger partial charge < -0.3 is 9.47 Å². The second-order valence-corrected chi connectivity index (χ2v) is 5.29. The molecule has 1 aliphatic rings. The minimum absolute atomic E-state index is 0.156. The van der Waals surface area contributed by atoms with Crippen molar-refractivity contribution in [3.05, 3.63) is 24.3 Å². The molecule has 5 nitrogen and oxygen atoms in total. The number of hydrogen-bond acceptors (Lipinski definition) is 6. The summed E-state index contributed by atoms with van der Waals surface area (Å²) in [6, 6.07) is 6.61. The summed E-state index contributed by atoms with van der Waals surface area (Å²) in [6.07, 6.45) is 0. The van der Waals surface area contributed by atoms with Gasteiger partial charge in [-0.15, -0.1) is 0 Å². The Morgan fingerprint density at radius 1 is 1.37 bits per heavy atom. The van der Waals surface area contributed by atoms with Gasteiger partial charge in [-0.25, -0.2) is 4.79 Å². The molecule has 1 fully saturated rings. The normalized spacial score (nSPS) is 14.7. The van der Waals surface area contributed by atoms with Crippen molar-refractivity contribution in [3.8, 4) is 11.5 Å². The van der Waals surface area contributed by atoms with E-state index in [9.17, 15) is 9.59 Å². The van der Waals surface area contributed by atoms with E-state index in [-0.39, 0.29) is 18.2 Å². The third-order valence-corrected chi connectivity index (χ3v) is 3.85. The number of methoxy groups -OCH3 is 1. The van der Waals surface area contributed by atoms with Crippen LogP contribution in [0.1, 0.15) is 0 Å². The Balaban J connectivity index is 1.93. The molecule has 1 heterocycles. The predicted molar refractivity (Wildman–Crippen MR) is 75.4 cm³/mol. The van der Waals surface area contributed by atoms with Crippen molar-refractivity contribution in [2.75, 3.05) is 19.4 Å². The van der Waals surface area contributed by atoms with E-state index in [1.54, 1.807) is 31.4 Å². The Bertz CT molecular complexity index is 499. The van der Waals surface area contributed by atoms with Gasteiger partial charge in [-0.3, -0.25) is 9.69 Å². The van der Waals surface area contributed by atoms with Crippen molar-refractivity contribution >= 4 is 40.2 Å². The molecule has 0 bridgehead atoms. The first-order valence-corrected chi connectivity index (χ1v) is 6.81. The number of thioether (sulfide) groups is 1. The number of thiocarbonyl (C=S) groups is 1. The van der Waals surface area contributed by atoms with E-state index in [0.717, 1.165) is 0 Å². The first-order chi connectivity index (χ1) is 9.10. The van der Waals surface area contributed by atoms with Crippen LogP contribution < -0.4 is 9.47 Å². The summed E-state index contributed by atoms with van der Waals surface area (Å²) < 4.78 is 10.5. The van der Waals surface area contributed by atoms with E-state index in [0.29, 0.717) is 15.8 Å². The molecule has 19 heavy (non-hydrogen) atoms. The summed E-state index contributed by atoms with van der Waals surface area (Å²) >= 11 is 6.23. The molecule has 1 saturated heterocycles. The fraction of sp³-hybridized carbons (Fsp3) is 0.250. The number of hydrogen-bond donors (Lipinski definition) is 0. The van der Waals surface area contributed by atoms with Crippen LogP contribution >= 0.6 is 24.0 Å². The van der Waals surface area contributed by atoms with E-state index in [2.05, 4.69) is 0 Å². The Kier molecular flexibility index (Phi) is 4.39. The topological polar surface area (TPSA) is 55.8 Å². The molecule has 1 amide bonds. The van der Waals surface area contributed by atoms with Gasteiger partial charge in [0.1, 0.15) is 22.4 Å². The first-order valence-electron chi connectivity index (χ1n) is 5.42. The highest BCUT2D eigenvalue weighted by molar-refractivity contribution is 8.23. The molecule has 0 spiro atoms. The zero-order valence-electron chi connectivity index (χ0n) is 10.1. The van der Waals surface area contributed by atoms with Crippen LogP contribution in [0.2, 0.25) is 0 Å². The number of carbonyl (C=O) groups is 2. The van der Waals surface area contributed by atoms with Gasteiger partial charge >= 0.3 is 5.97 Å². The summed E-state index contributed by atoms with van der Waals surface area (Å²) in [5.41, 5.74) is 0. The highest BCUT2D eigenvalue weighted by Crippen LogP contribution is 2.20. The molecule has 0 unspecified atom stereocenters. The van der Waals surface area contributed by atoms with Gasteiger partial charge in [0, 0.05) is 0 Å². The van der Waals surface area contributed by atoms with Crippen molar-refractivity contribution in [1.29, 1.82) is 0 Å². The summed E-state index contributed by atoms with van der Waals surface area (Å²) in [4.78, 5) is 24.4. The van der Waals surface area contributed by atoms with E-state index in [1.165, 1.54) is 16.7 Å². The SMILES string of the molecule is COc1ccc(OC(=O)CN2C(=O)CSC2=S)cc1. The molecular weight excluding hydrogens is 286 g/mol. The van der Waals surface area contributed by atoms with Gasteiger partial charge in [-0.2, -0.15) is 0 Å². The zero-order valence-corrected chi connectivity index (χ0v) is 11.8. The summed E-state index contributed by atoms with van der Waals surface area (Å²) in [6.45, 7) is -0.156. The van der Waals surface area contributed by atoms with E-state index >= 15 is 0 Å². The van der Waals surface area contributed by atoms with Crippen LogP contribution in [-0.2, 0) is 9.59 Å². The number of carbonyl (C=O) groups excluding carboxylic acids is 2. The van der Waals surface area contributed by atoms with Crippen LogP contribution in [0.15, 0.2) is 24.3 Å². The Morgan fingerprint density at radius 3 is 2.53 bits per heavy atom.